The van der Waals surface area contributed by atoms with Gasteiger partial charge < -0.3 is 10.6 Å². The van der Waals surface area contributed by atoms with Crippen LogP contribution in [0, 0.1) is 17.3 Å². The van der Waals surface area contributed by atoms with Crippen LogP contribution in [-0.4, -0.2) is 23.9 Å². The number of carbonyl (C=O) groups excluding carboxylic acids is 2. The molecular weight excluding hydrogens is 252 g/mol. The first kappa shape index (κ1) is 13.9. The van der Waals surface area contributed by atoms with Crippen LogP contribution in [-0.2, 0) is 9.59 Å². The lowest BCUT2D eigenvalue weighted by Crippen LogP contribution is -2.58. The summed E-state index contributed by atoms with van der Waals surface area (Å²) < 4.78 is 0. The fourth-order valence-corrected chi connectivity index (χ4v) is 3.21. The van der Waals surface area contributed by atoms with Crippen molar-refractivity contribution in [2.45, 2.75) is 70.9 Å². The number of nitrogens with one attached hydrogen (secondary N) is 2. The molecule has 3 fully saturated rings. The molecule has 3 aliphatic carbocycles. The van der Waals surface area contributed by atoms with Gasteiger partial charge in [-0.3, -0.25) is 9.59 Å². The molecule has 2 amide bonds. The second kappa shape index (κ2) is 5.05. The van der Waals surface area contributed by atoms with Gasteiger partial charge in [0.25, 0.3) is 0 Å². The Labute approximate surface area is 121 Å². The van der Waals surface area contributed by atoms with Crippen LogP contribution in [0.15, 0.2) is 0 Å². The van der Waals surface area contributed by atoms with Gasteiger partial charge in [0.15, 0.2) is 0 Å². The fraction of sp³-hybridized carbons (Fsp3) is 0.875. The molecule has 20 heavy (non-hydrogen) atoms. The van der Waals surface area contributed by atoms with Gasteiger partial charge in [0.2, 0.25) is 11.8 Å². The number of rotatable bonds is 6. The maximum Gasteiger partial charge on any atom is 0.235 e. The van der Waals surface area contributed by atoms with Gasteiger partial charge in [-0.1, -0.05) is 6.42 Å². The lowest BCUT2D eigenvalue weighted by molar-refractivity contribution is -0.150. The van der Waals surface area contributed by atoms with Crippen LogP contribution >= 0.6 is 0 Å². The van der Waals surface area contributed by atoms with Crippen molar-refractivity contribution in [3.63, 3.8) is 0 Å². The minimum Gasteiger partial charge on any atom is -0.352 e. The standard InChI is InChI=1S/C16H26N2O2/c1-10(12-4-5-12)17-14(19)16(8-3-9-16)15(20)18-11(2)13-6-7-13/h10-13H,3-9H2,1-2H3,(H,17,19)(H,18,20)/t10-,11-/m0/s1. The van der Waals surface area contributed by atoms with Crippen LogP contribution in [0.1, 0.15) is 58.8 Å². The topological polar surface area (TPSA) is 58.2 Å². The van der Waals surface area contributed by atoms with Gasteiger partial charge in [-0.2, -0.15) is 0 Å². The van der Waals surface area contributed by atoms with Crippen LogP contribution in [0.4, 0.5) is 0 Å². The molecular formula is C16H26N2O2. The summed E-state index contributed by atoms with van der Waals surface area (Å²) in [7, 11) is 0. The summed E-state index contributed by atoms with van der Waals surface area (Å²) in [6, 6.07) is 0.433. The second-order valence-corrected chi connectivity index (χ2v) is 7.13. The summed E-state index contributed by atoms with van der Waals surface area (Å²) in [6.45, 7) is 4.12. The van der Waals surface area contributed by atoms with Crippen molar-refractivity contribution in [1.29, 1.82) is 0 Å². The Morgan fingerprint density at radius 3 is 1.55 bits per heavy atom. The van der Waals surface area contributed by atoms with Crippen molar-refractivity contribution in [2.75, 3.05) is 0 Å². The van der Waals surface area contributed by atoms with Gasteiger partial charge in [0.1, 0.15) is 5.41 Å². The van der Waals surface area contributed by atoms with Crippen molar-refractivity contribution in [1.82, 2.24) is 10.6 Å². The van der Waals surface area contributed by atoms with E-state index in [0.29, 0.717) is 24.7 Å². The summed E-state index contributed by atoms with van der Waals surface area (Å²) in [5, 5.41) is 6.17. The third kappa shape index (κ3) is 2.57. The predicted molar refractivity (Wildman–Crippen MR) is 76.9 cm³/mol. The van der Waals surface area contributed by atoms with Crippen molar-refractivity contribution in [3.8, 4) is 0 Å². The van der Waals surface area contributed by atoms with E-state index in [-0.39, 0.29) is 23.9 Å². The van der Waals surface area contributed by atoms with Crippen LogP contribution in [0.25, 0.3) is 0 Å². The normalized spacial score (nSPS) is 27.1. The molecule has 0 spiro atoms. The Hall–Kier alpha value is -1.06. The predicted octanol–water partition coefficient (Wildman–Crippen LogP) is 1.99. The number of hydrogen-bond acceptors (Lipinski definition) is 2. The van der Waals surface area contributed by atoms with Crippen LogP contribution in [0.2, 0.25) is 0 Å². The minimum atomic E-state index is -0.772. The highest BCUT2D eigenvalue weighted by Crippen LogP contribution is 2.43. The highest BCUT2D eigenvalue weighted by atomic mass is 16.2. The van der Waals surface area contributed by atoms with Crippen LogP contribution < -0.4 is 10.6 Å². The third-order valence-corrected chi connectivity index (χ3v) is 5.45. The molecule has 2 atom stereocenters. The monoisotopic (exact) mass is 278 g/mol. The summed E-state index contributed by atoms with van der Waals surface area (Å²) >= 11 is 0. The molecule has 0 aromatic heterocycles. The van der Waals surface area contributed by atoms with Crippen LogP contribution in [0.3, 0.4) is 0 Å². The molecule has 112 valence electrons. The average molecular weight is 278 g/mol. The fourth-order valence-electron chi connectivity index (χ4n) is 3.21. The molecule has 4 heteroatoms. The highest BCUT2D eigenvalue weighted by Gasteiger charge is 2.52. The molecule has 0 aliphatic heterocycles. The van der Waals surface area contributed by atoms with Crippen molar-refractivity contribution >= 4 is 11.8 Å². The molecule has 0 unspecified atom stereocenters. The largest absolute Gasteiger partial charge is 0.352 e. The molecule has 0 aromatic carbocycles. The maximum absolute atomic E-state index is 12.5. The van der Waals surface area contributed by atoms with E-state index < -0.39 is 5.41 Å². The quantitative estimate of drug-likeness (QED) is 0.730. The van der Waals surface area contributed by atoms with E-state index in [9.17, 15) is 9.59 Å². The lowest BCUT2D eigenvalue weighted by Gasteiger charge is -2.40. The van der Waals surface area contributed by atoms with Gasteiger partial charge in [-0.05, 0) is 64.2 Å². The van der Waals surface area contributed by atoms with Crippen molar-refractivity contribution < 1.29 is 9.59 Å². The molecule has 0 bridgehead atoms. The van der Waals surface area contributed by atoms with E-state index >= 15 is 0 Å². The Bertz CT molecular complexity index is 375. The molecule has 3 saturated carbocycles. The van der Waals surface area contributed by atoms with E-state index in [1.165, 1.54) is 25.7 Å². The molecule has 3 aliphatic rings. The number of hydrogen-bond donors (Lipinski definition) is 2. The molecule has 4 nitrogen and oxygen atoms in total. The molecule has 0 aromatic rings. The van der Waals surface area contributed by atoms with Gasteiger partial charge >= 0.3 is 0 Å². The summed E-state index contributed by atoms with van der Waals surface area (Å²) in [4.78, 5) is 25.1. The van der Waals surface area contributed by atoms with E-state index in [1.54, 1.807) is 0 Å². The second-order valence-electron chi connectivity index (χ2n) is 7.13. The third-order valence-electron chi connectivity index (χ3n) is 5.45. The lowest BCUT2D eigenvalue weighted by atomic mass is 9.67. The zero-order chi connectivity index (χ0) is 14.3. The van der Waals surface area contributed by atoms with Crippen molar-refractivity contribution in [3.05, 3.63) is 0 Å². The Morgan fingerprint density at radius 2 is 1.30 bits per heavy atom. The van der Waals surface area contributed by atoms with Crippen LogP contribution in [0.5, 0.6) is 0 Å². The van der Waals surface area contributed by atoms with E-state index in [0.717, 1.165) is 6.42 Å². The molecule has 3 rings (SSSR count). The van der Waals surface area contributed by atoms with Gasteiger partial charge in [-0.15, -0.1) is 0 Å². The van der Waals surface area contributed by atoms with E-state index in [4.69, 9.17) is 0 Å². The van der Waals surface area contributed by atoms with Gasteiger partial charge in [0, 0.05) is 12.1 Å². The number of carbonyl (C=O) groups is 2. The summed E-state index contributed by atoms with van der Waals surface area (Å²) in [6.07, 6.45) is 7.23. The zero-order valence-corrected chi connectivity index (χ0v) is 12.6. The van der Waals surface area contributed by atoms with Gasteiger partial charge in [-0.25, -0.2) is 0 Å². The summed E-state index contributed by atoms with van der Waals surface area (Å²) in [5.41, 5.74) is -0.772. The maximum atomic E-state index is 12.5. The summed E-state index contributed by atoms with van der Waals surface area (Å²) in [5.74, 6) is 1.18. The Kier molecular flexibility index (Phi) is 3.51. The van der Waals surface area contributed by atoms with Gasteiger partial charge in [0.05, 0.1) is 0 Å². The first-order chi connectivity index (χ1) is 9.53. The molecule has 0 heterocycles. The minimum absolute atomic E-state index is 0.0383. The molecule has 0 saturated heterocycles. The highest BCUT2D eigenvalue weighted by molar-refractivity contribution is 6.06. The van der Waals surface area contributed by atoms with Crippen molar-refractivity contribution in [2.24, 2.45) is 17.3 Å². The average Bonchev–Trinajstić information content (AvgIpc) is 3.18. The Morgan fingerprint density at radius 1 is 0.900 bits per heavy atom. The first-order valence-electron chi connectivity index (χ1n) is 8.15. The molecule has 2 N–H and O–H groups in total. The SMILES string of the molecule is C[C@H](NC(=O)C1(C(=O)N[C@@H](C)C2CC2)CCC1)C1CC1. The zero-order valence-electron chi connectivity index (χ0n) is 12.6. The Balaban J connectivity index is 1.59. The first-order valence-corrected chi connectivity index (χ1v) is 8.15. The molecule has 0 radical (unpaired) electrons. The van der Waals surface area contributed by atoms with E-state index in [1.807, 2.05) is 0 Å². The number of amides is 2. The van der Waals surface area contributed by atoms with E-state index in [2.05, 4.69) is 24.5 Å². The smallest absolute Gasteiger partial charge is 0.235 e.